The maximum absolute atomic E-state index is 11.2. The van der Waals surface area contributed by atoms with Crippen LogP contribution in [0.4, 0.5) is 0 Å². The van der Waals surface area contributed by atoms with Gasteiger partial charge in [-0.1, -0.05) is 54.6 Å². The van der Waals surface area contributed by atoms with Gasteiger partial charge in [-0.05, 0) is 18.2 Å². The van der Waals surface area contributed by atoms with Crippen molar-refractivity contribution >= 4 is 0 Å². The Bertz CT molecular complexity index is 992. The van der Waals surface area contributed by atoms with E-state index in [1.807, 2.05) is 0 Å². The third kappa shape index (κ3) is 5.79. The van der Waals surface area contributed by atoms with Gasteiger partial charge in [-0.3, -0.25) is 0 Å². The topological polar surface area (TPSA) is 157 Å². The molecular weight excluding hydrogens is 462 g/mol. The van der Waals surface area contributed by atoms with E-state index in [0.717, 1.165) is 0 Å². The van der Waals surface area contributed by atoms with E-state index in [1.54, 1.807) is 72.8 Å². The van der Waals surface area contributed by atoms with E-state index in [0.29, 0.717) is 16.7 Å². The summed E-state index contributed by atoms with van der Waals surface area (Å²) in [6.45, 7) is 0.541. The molecule has 3 aromatic rings. The number of benzene rings is 3. The summed E-state index contributed by atoms with van der Waals surface area (Å²) in [7, 11) is 0. The van der Waals surface area contributed by atoms with E-state index in [-0.39, 0.29) is 36.9 Å². The number of hydrogen-bond donors (Lipinski definition) is 9. The Labute approximate surface area is 209 Å². The summed E-state index contributed by atoms with van der Waals surface area (Å²) in [4.78, 5) is 0. The molecule has 4 rings (SSSR count). The Kier molecular flexibility index (Phi) is 8.42. The molecule has 0 heterocycles. The zero-order valence-electron chi connectivity index (χ0n) is 19.7. The molecule has 9 nitrogen and oxygen atoms in total. The number of nitrogens with one attached hydrogen (secondary N) is 3. The summed E-state index contributed by atoms with van der Waals surface area (Å²) in [6.07, 6.45) is -3.60. The van der Waals surface area contributed by atoms with Gasteiger partial charge in [0.15, 0.2) is 0 Å². The number of rotatable bonds is 9. The van der Waals surface area contributed by atoms with Crippen molar-refractivity contribution in [3.8, 4) is 17.2 Å². The number of aliphatic hydroxyl groups excluding tert-OH is 3. The maximum Gasteiger partial charge on any atom is 0.120 e. The predicted octanol–water partition coefficient (Wildman–Crippen LogP) is 0.675. The zero-order valence-corrected chi connectivity index (χ0v) is 19.7. The number of hydrogen-bond acceptors (Lipinski definition) is 9. The van der Waals surface area contributed by atoms with Crippen LogP contribution in [0.25, 0.3) is 0 Å². The van der Waals surface area contributed by atoms with Gasteiger partial charge in [0.2, 0.25) is 0 Å². The van der Waals surface area contributed by atoms with Crippen molar-refractivity contribution < 1.29 is 30.6 Å². The van der Waals surface area contributed by atoms with Crippen LogP contribution in [0.1, 0.15) is 16.7 Å². The average molecular weight is 496 g/mol. The van der Waals surface area contributed by atoms with Gasteiger partial charge in [-0.15, -0.1) is 0 Å². The van der Waals surface area contributed by atoms with Crippen LogP contribution in [0, 0.1) is 0 Å². The van der Waals surface area contributed by atoms with Crippen LogP contribution in [-0.4, -0.2) is 67.1 Å². The lowest BCUT2D eigenvalue weighted by Gasteiger charge is -2.47. The minimum Gasteiger partial charge on any atom is -0.508 e. The van der Waals surface area contributed by atoms with Crippen molar-refractivity contribution in [3.63, 3.8) is 0 Å². The fourth-order valence-corrected chi connectivity index (χ4v) is 4.67. The van der Waals surface area contributed by atoms with E-state index in [4.69, 9.17) is 0 Å². The van der Waals surface area contributed by atoms with E-state index in [9.17, 15) is 30.6 Å². The number of para-hydroxylation sites is 3. The van der Waals surface area contributed by atoms with E-state index >= 15 is 0 Å². The van der Waals surface area contributed by atoms with E-state index < -0.39 is 36.4 Å². The molecule has 36 heavy (non-hydrogen) atoms. The molecule has 9 heteroatoms. The van der Waals surface area contributed by atoms with Crippen LogP contribution in [0.5, 0.6) is 17.2 Å². The highest BCUT2D eigenvalue weighted by Gasteiger charge is 2.48. The maximum atomic E-state index is 11.2. The first-order chi connectivity index (χ1) is 17.4. The molecule has 0 bridgehead atoms. The van der Waals surface area contributed by atoms with E-state index in [1.165, 1.54) is 0 Å². The van der Waals surface area contributed by atoms with Crippen LogP contribution >= 0.6 is 0 Å². The van der Waals surface area contributed by atoms with E-state index in [2.05, 4.69) is 16.0 Å². The molecule has 0 atom stereocenters. The Morgan fingerprint density at radius 2 is 0.694 bits per heavy atom. The quantitative estimate of drug-likeness (QED) is 0.208. The molecule has 0 saturated heterocycles. The first kappa shape index (κ1) is 25.9. The lowest BCUT2D eigenvalue weighted by atomic mass is 9.79. The summed E-state index contributed by atoms with van der Waals surface area (Å²) < 4.78 is 0. The molecule has 0 aliphatic heterocycles. The second-order valence-corrected chi connectivity index (χ2v) is 9.08. The predicted molar refractivity (Wildman–Crippen MR) is 134 cm³/mol. The molecule has 0 amide bonds. The van der Waals surface area contributed by atoms with Gasteiger partial charge in [0, 0.05) is 36.3 Å². The average Bonchev–Trinajstić information content (AvgIpc) is 2.87. The highest BCUT2D eigenvalue weighted by molar-refractivity contribution is 5.33. The zero-order chi connectivity index (χ0) is 25.7. The molecule has 9 N–H and O–H groups in total. The van der Waals surface area contributed by atoms with Crippen molar-refractivity contribution in [2.45, 2.75) is 56.1 Å². The first-order valence-corrected chi connectivity index (χ1v) is 11.9. The normalized spacial score (nSPS) is 26.1. The highest BCUT2D eigenvalue weighted by atomic mass is 16.3. The monoisotopic (exact) mass is 495 g/mol. The van der Waals surface area contributed by atoms with Crippen molar-refractivity contribution in [2.24, 2.45) is 0 Å². The molecule has 1 aliphatic rings. The van der Waals surface area contributed by atoms with Crippen molar-refractivity contribution in [2.75, 3.05) is 0 Å². The fourth-order valence-electron chi connectivity index (χ4n) is 4.67. The minimum absolute atomic E-state index is 0.0910. The summed E-state index contributed by atoms with van der Waals surface area (Å²) >= 11 is 0. The smallest absolute Gasteiger partial charge is 0.120 e. The summed E-state index contributed by atoms with van der Waals surface area (Å²) in [5, 5.41) is 73.2. The van der Waals surface area contributed by atoms with Crippen LogP contribution in [-0.2, 0) is 19.6 Å². The van der Waals surface area contributed by atoms with Gasteiger partial charge >= 0.3 is 0 Å². The molecule has 192 valence electrons. The summed E-state index contributed by atoms with van der Waals surface area (Å²) in [5.41, 5.74) is 1.79. The second kappa shape index (κ2) is 11.7. The molecule has 0 spiro atoms. The lowest BCUT2D eigenvalue weighted by Crippen LogP contribution is -2.73. The van der Waals surface area contributed by atoms with Gasteiger partial charge in [-0.2, -0.15) is 0 Å². The van der Waals surface area contributed by atoms with Gasteiger partial charge in [0.05, 0.1) is 36.4 Å². The third-order valence-corrected chi connectivity index (χ3v) is 6.77. The SMILES string of the molecule is Oc1ccccc1CNC1C(O)C(NCc2ccccc2O)C(O)C(NCc2ccccc2O)C1O. The van der Waals surface area contributed by atoms with Crippen LogP contribution in [0.15, 0.2) is 72.8 Å². The lowest BCUT2D eigenvalue weighted by molar-refractivity contribution is -0.0991. The highest BCUT2D eigenvalue weighted by Crippen LogP contribution is 2.26. The molecule has 1 saturated carbocycles. The summed E-state index contributed by atoms with van der Waals surface area (Å²) in [6, 6.07) is 17.7. The van der Waals surface area contributed by atoms with Gasteiger partial charge in [0.25, 0.3) is 0 Å². The molecule has 1 fully saturated rings. The summed E-state index contributed by atoms with van der Waals surface area (Å²) in [5.74, 6) is 0.273. The third-order valence-electron chi connectivity index (χ3n) is 6.77. The molecule has 0 unspecified atom stereocenters. The number of phenolic OH excluding ortho intramolecular Hbond substituents is 3. The Balaban J connectivity index is 1.54. The Morgan fingerprint density at radius 3 is 0.944 bits per heavy atom. The number of phenols is 3. The van der Waals surface area contributed by atoms with Gasteiger partial charge in [-0.25, -0.2) is 0 Å². The Hall–Kier alpha value is -3.18. The van der Waals surface area contributed by atoms with Crippen molar-refractivity contribution in [3.05, 3.63) is 89.5 Å². The standard InChI is InChI=1S/C27H33N3O6/c31-19-10-4-1-7-16(19)13-28-22-25(34)23(29-14-17-8-2-5-11-20(17)32)27(36)24(26(22)35)30-15-18-9-3-6-12-21(18)33/h1-12,22-36H,13-15H2. The number of aliphatic hydroxyl groups is 3. The number of aromatic hydroxyl groups is 3. The molecule has 0 radical (unpaired) electrons. The van der Waals surface area contributed by atoms with Crippen LogP contribution < -0.4 is 16.0 Å². The minimum atomic E-state index is -1.20. The first-order valence-electron chi connectivity index (χ1n) is 11.9. The Morgan fingerprint density at radius 1 is 0.444 bits per heavy atom. The van der Waals surface area contributed by atoms with Crippen LogP contribution in [0.2, 0.25) is 0 Å². The fraction of sp³-hybridized carbons (Fsp3) is 0.333. The molecule has 1 aliphatic carbocycles. The molecule has 0 aromatic heterocycles. The van der Waals surface area contributed by atoms with Crippen molar-refractivity contribution in [1.29, 1.82) is 0 Å². The van der Waals surface area contributed by atoms with Crippen LogP contribution in [0.3, 0.4) is 0 Å². The largest absolute Gasteiger partial charge is 0.508 e. The molecule has 3 aromatic carbocycles. The second-order valence-electron chi connectivity index (χ2n) is 9.08. The van der Waals surface area contributed by atoms with Gasteiger partial charge < -0.3 is 46.6 Å². The molecular formula is C27H33N3O6. The van der Waals surface area contributed by atoms with Gasteiger partial charge in [0.1, 0.15) is 17.2 Å². The van der Waals surface area contributed by atoms with Crippen molar-refractivity contribution in [1.82, 2.24) is 16.0 Å².